The number of piperazine rings is 1. The molecule has 1 N–H and O–H groups in total. The van der Waals surface area contributed by atoms with Gasteiger partial charge in [-0.05, 0) is 37.5 Å². The van der Waals surface area contributed by atoms with Crippen molar-refractivity contribution < 1.29 is 5.11 Å². The van der Waals surface area contributed by atoms with Crippen LogP contribution in [0.15, 0.2) is 42.7 Å². The maximum Gasteiger partial charge on any atom is 0.229 e. The number of rotatable bonds is 4. The molecule has 1 aromatic carbocycles. The molecule has 0 spiro atoms. The number of aromatic hydroxyl groups is 1. The molecular weight excluding hydrogens is 364 g/mol. The molecule has 29 heavy (non-hydrogen) atoms. The van der Waals surface area contributed by atoms with Crippen LogP contribution in [-0.4, -0.2) is 50.9 Å². The molecule has 0 radical (unpaired) electrons. The van der Waals surface area contributed by atoms with Gasteiger partial charge in [0.15, 0.2) is 5.82 Å². The molecule has 1 fully saturated rings. The summed E-state index contributed by atoms with van der Waals surface area (Å²) in [6, 6.07) is 10.6. The van der Waals surface area contributed by atoms with Crippen molar-refractivity contribution in [3.05, 3.63) is 65.1 Å². The average Bonchev–Trinajstić information content (AvgIpc) is 2.73. The summed E-state index contributed by atoms with van der Waals surface area (Å²) >= 11 is 0. The third-order valence-electron chi connectivity index (χ3n) is 5.66. The van der Waals surface area contributed by atoms with Gasteiger partial charge in [0.2, 0.25) is 5.88 Å². The first-order valence-corrected chi connectivity index (χ1v) is 9.92. The van der Waals surface area contributed by atoms with Gasteiger partial charge in [-0.25, -0.2) is 9.97 Å². The Balaban J connectivity index is 1.50. The number of hydrogen-bond acceptors (Lipinski definition) is 7. The van der Waals surface area contributed by atoms with Crippen molar-refractivity contribution in [3.8, 4) is 5.88 Å². The standard InChI is InChI=1S/C22H26N6O/c1-15-14-27(9-10-28(15)20-12-24-21(29)13-23-20)22-17(3)16(2)19(25-26-22)11-18-7-5-4-6-8-18/h4-8,12-13,15H,9-11,14H2,1-3H3,(H,24,29). The quantitative estimate of drug-likeness (QED) is 0.734. The molecule has 7 heteroatoms. The molecule has 150 valence electrons. The fourth-order valence-corrected chi connectivity index (χ4v) is 3.85. The van der Waals surface area contributed by atoms with Crippen molar-refractivity contribution in [2.75, 3.05) is 29.4 Å². The van der Waals surface area contributed by atoms with Crippen LogP contribution in [0, 0.1) is 13.8 Å². The smallest absolute Gasteiger partial charge is 0.229 e. The average molecular weight is 390 g/mol. The van der Waals surface area contributed by atoms with Gasteiger partial charge in [0.25, 0.3) is 0 Å². The second-order valence-corrected chi connectivity index (χ2v) is 7.60. The molecule has 1 saturated heterocycles. The van der Waals surface area contributed by atoms with Crippen LogP contribution >= 0.6 is 0 Å². The zero-order valence-corrected chi connectivity index (χ0v) is 17.1. The fraction of sp³-hybridized carbons (Fsp3) is 0.364. The SMILES string of the molecule is Cc1c(Cc2ccccc2)nnc(N2CCN(c3cnc(O)cn3)C(C)C2)c1C. The second kappa shape index (κ2) is 8.03. The Morgan fingerprint density at radius 2 is 1.79 bits per heavy atom. The number of aromatic nitrogens is 4. The largest absolute Gasteiger partial charge is 0.492 e. The molecule has 0 bridgehead atoms. The fourth-order valence-electron chi connectivity index (χ4n) is 3.85. The van der Waals surface area contributed by atoms with Crippen LogP contribution in [0.1, 0.15) is 29.3 Å². The Bertz CT molecular complexity index is 977. The van der Waals surface area contributed by atoms with E-state index in [0.29, 0.717) is 0 Å². The Morgan fingerprint density at radius 3 is 2.48 bits per heavy atom. The molecule has 0 saturated carbocycles. The minimum absolute atomic E-state index is 0.0583. The van der Waals surface area contributed by atoms with Gasteiger partial charge in [0, 0.05) is 32.1 Å². The maximum atomic E-state index is 9.37. The molecule has 3 aromatic rings. The van der Waals surface area contributed by atoms with Crippen LogP contribution < -0.4 is 9.80 Å². The Hall–Kier alpha value is -3.22. The third kappa shape index (κ3) is 3.99. The molecule has 1 atom stereocenters. The van der Waals surface area contributed by atoms with Crippen molar-refractivity contribution in [1.29, 1.82) is 0 Å². The topological polar surface area (TPSA) is 78.3 Å². The summed E-state index contributed by atoms with van der Waals surface area (Å²) in [5.41, 5.74) is 4.67. The van der Waals surface area contributed by atoms with Gasteiger partial charge < -0.3 is 14.9 Å². The van der Waals surface area contributed by atoms with Crippen molar-refractivity contribution in [2.24, 2.45) is 0 Å². The molecular formula is C22H26N6O. The van der Waals surface area contributed by atoms with Crippen LogP contribution in [0.5, 0.6) is 5.88 Å². The van der Waals surface area contributed by atoms with Gasteiger partial charge in [-0.15, -0.1) is 5.10 Å². The molecule has 1 aliphatic rings. The number of benzene rings is 1. The maximum absolute atomic E-state index is 9.37. The van der Waals surface area contributed by atoms with E-state index in [2.05, 4.69) is 75.0 Å². The molecule has 0 aliphatic carbocycles. The van der Waals surface area contributed by atoms with E-state index in [-0.39, 0.29) is 11.9 Å². The van der Waals surface area contributed by atoms with Gasteiger partial charge in [-0.2, -0.15) is 5.10 Å². The highest BCUT2D eigenvalue weighted by Gasteiger charge is 2.27. The number of nitrogens with zero attached hydrogens (tertiary/aromatic N) is 6. The van der Waals surface area contributed by atoms with E-state index in [0.717, 1.165) is 43.4 Å². The predicted octanol–water partition coefficient (Wildman–Crippen LogP) is 2.89. The van der Waals surface area contributed by atoms with Crippen LogP contribution in [0.2, 0.25) is 0 Å². The Labute approximate surface area is 171 Å². The summed E-state index contributed by atoms with van der Waals surface area (Å²) in [5, 5.41) is 18.5. The Morgan fingerprint density at radius 1 is 1.00 bits per heavy atom. The van der Waals surface area contributed by atoms with Gasteiger partial charge in [0.05, 0.1) is 18.1 Å². The zero-order valence-electron chi connectivity index (χ0n) is 17.1. The van der Waals surface area contributed by atoms with Crippen LogP contribution in [0.3, 0.4) is 0 Å². The van der Waals surface area contributed by atoms with E-state index >= 15 is 0 Å². The first-order valence-electron chi connectivity index (χ1n) is 9.92. The summed E-state index contributed by atoms with van der Waals surface area (Å²) in [5.74, 6) is 1.69. The van der Waals surface area contributed by atoms with E-state index in [4.69, 9.17) is 0 Å². The van der Waals surface area contributed by atoms with Gasteiger partial charge in [-0.3, -0.25) is 0 Å². The highest BCUT2D eigenvalue weighted by atomic mass is 16.3. The minimum atomic E-state index is -0.0583. The van der Waals surface area contributed by atoms with Crippen molar-refractivity contribution in [3.63, 3.8) is 0 Å². The number of anilines is 2. The molecule has 7 nitrogen and oxygen atoms in total. The van der Waals surface area contributed by atoms with Crippen molar-refractivity contribution in [2.45, 2.75) is 33.2 Å². The lowest BCUT2D eigenvalue weighted by Crippen LogP contribution is -2.53. The lowest BCUT2D eigenvalue weighted by molar-refractivity contribution is 0.449. The lowest BCUT2D eigenvalue weighted by Gasteiger charge is -2.41. The van der Waals surface area contributed by atoms with Gasteiger partial charge in [0.1, 0.15) is 5.82 Å². The summed E-state index contributed by atoms with van der Waals surface area (Å²) < 4.78 is 0. The predicted molar refractivity (Wildman–Crippen MR) is 113 cm³/mol. The summed E-state index contributed by atoms with van der Waals surface area (Å²) in [4.78, 5) is 12.8. The van der Waals surface area contributed by atoms with Crippen LogP contribution in [-0.2, 0) is 6.42 Å². The lowest BCUT2D eigenvalue weighted by atomic mass is 10.0. The summed E-state index contributed by atoms with van der Waals surface area (Å²) in [6.45, 7) is 8.91. The Kier molecular flexibility index (Phi) is 5.29. The van der Waals surface area contributed by atoms with Crippen LogP contribution in [0.4, 0.5) is 11.6 Å². The van der Waals surface area contributed by atoms with Crippen molar-refractivity contribution in [1.82, 2.24) is 20.2 Å². The monoisotopic (exact) mass is 390 g/mol. The number of hydrogen-bond donors (Lipinski definition) is 1. The molecule has 1 aliphatic heterocycles. The molecule has 3 heterocycles. The van der Waals surface area contributed by atoms with E-state index < -0.39 is 0 Å². The third-order valence-corrected chi connectivity index (χ3v) is 5.66. The second-order valence-electron chi connectivity index (χ2n) is 7.60. The highest BCUT2D eigenvalue weighted by molar-refractivity contribution is 5.53. The summed E-state index contributed by atoms with van der Waals surface area (Å²) in [7, 11) is 0. The summed E-state index contributed by atoms with van der Waals surface area (Å²) in [6.07, 6.45) is 3.80. The molecule has 4 rings (SSSR count). The van der Waals surface area contributed by atoms with Gasteiger partial charge in [-0.1, -0.05) is 30.3 Å². The molecule has 2 aromatic heterocycles. The normalized spacial score (nSPS) is 16.9. The first kappa shape index (κ1) is 19.1. The van der Waals surface area contributed by atoms with E-state index in [9.17, 15) is 5.11 Å². The minimum Gasteiger partial charge on any atom is -0.492 e. The molecule has 1 unspecified atom stereocenters. The van der Waals surface area contributed by atoms with E-state index in [1.54, 1.807) is 6.20 Å². The first-order chi connectivity index (χ1) is 14.0. The zero-order chi connectivity index (χ0) is 20.4. The molecule has 0 amide bonds. The van der Waals surface area contributed by atoms with Gasteiger partial charge >= 0.3 is 0 Å². The highest BCUT2D eigenvalue weighted by Crippen LogP contribution is 2.26. The van der Waals surface area contributed by atoms with Crippen LogP contribution in [0.25, 0.3) is 0 Å². The van der Waals surface area contributed by atoms with E-state index in [1.165, 1.54) is 22.9 Å². The van der Waals surface area contributed by atoms with E-state index in [1.807, 2.05) is 6.07 Å². The van der Waals surface area contributed by atoms with Crippen molar-refractivity contribution >= 4 is 11.6 Å².